The predicted molar refractivity (Wildman–Crippen MR) is 127 cm³/mol. The fourth-order valence-electron chi connectivity index (χ4n) is 4.19. The zero-order valence-electron chi connectivity index (χ0n) is 19.9. The lowest BCUT2D eigenvalue weighted by molar-refractivity contribution is -0.275. The highest BCUT2D eigenvalue weighted by Gasteiger charge is 2.32. The Labute approximate surface area is 209 Å². The molecular weight excluding hydrogens is 496 g/mol. The first kappa shape index (κ1) is 26.1. The van der Waals surface area contributed by atoms with Crippen LogP contribution < -0.4 is 15.2 Å². The topological polar surface area (TPSA) is 84.7 Å². The Morgan fingerprint density at radius 3 is 2.46 bits per heavy atom. The van der Waals surface area contributed by atoms with Gasteiger partial charge in [-0.2, -0.15) is 0 Å². The Morgan fingerprint density at radius 1 is 1.05 bits per heavy atom. The number of amides is 1. The largest absolute Gasteiger partial charge is 0.573 e. The van der Waals surface area contributed by atoms with Crippen LogP contribution in [0.3, 0.4) is 0 Å². The van der Waals surface area contributed by atoms with Crippen molar-refractivity contribution in [3.63, 3.8) is 0 Å². The number of aryl methyl sites for hydroxylation is 1. The number of benzene rings is 2. The van der Waals surface area contributed by atoms with Crippen LogP contribution in [-0.4, -0.2) is 58.7 Å². The van der Waals surface area contributed by atoms with E-state index in [1.54, 1.807) is 17.0 Å². The molecule has 0 atom stereocenters. The Bertz CT molecular complexity index is 1380. The first-order valence-electron chi connectivity index (χ1n) is 11.6. The fraction of sp³-hybridized carbons (Fsp3) is 0.360. The molecule has 0 bridgehead atoms. The zero-order valence-corrected chi connectivity index (χ0v) is 19.9. The van der Waals surface area contributed by atoms with E-state index >= 15 is 0 Å². The highest BCUT2D eigenvalue weighted by Crippen LogP contribution is 2.27. The number of hydrogen-bond acceptors (Lipinski definition) is 6. The fourth-order valence-corrected chi connectivity index (χ4v) is 4.19. The number of nitrogens with zero attached hydrogens (tertiary/aromatic N) is 4. The minimum atomic E-state index is -5.04. The third-order valence-corrected chi connectivity index (χ3v) is 6.16. The quantitative estimate of drug-likeness (QED) is 0.445. The molecule has 2 heterocycles. The Hall–Kier alpha value is -3.96. The first-order chi connectivity index (χ1) is 17.5. The lowest BCUT2D eigenvalue weighted by atomic mass is 10.1. The highest BCUT2D eigenvalue weighted by molar-refractivity contribution is 5.83. The van der Waals surface area contributed by atoms with Crippen LogP contribution in [0.2, 0.25) is 0 Å². The van der Waals surface area contributed by atoms with Gasteiger partial charge in [0.25, 0.3) is 5.56 Å². The summed E-state index contributed by atoms with van der Waals surface area (Å²) in [5.74, 6) is -2.46. The number of ether oxygens (including phenoxy) is 1. The molecule has 1 saturated heterocycles. The number of fused-ring (bicyclic) bond motifs is 1. The van der Waals surface area contributed by atoms with E-state index in [1.165, 1.54) is 23.9 Å². The molecule has 4 rings (SSSR count). The third kappa shape index (κ3) is 6.43. The van der Waals surface area contributed by atoms with Crippen LogP contribution in [0, 0.1) is 5.82 Å². The summed E-state index contributed by atoms with van der Waals surface area (Å²) >= 11 is 0. The summed E-state index contributed by atoms with van der Waals surface area (Å²) in [4.78, 5) is 45.3. The molecule has 196 valence electrons. The summed E-state index contributed by atoms with van der Waals surface area (Å²) in [5.41, 5.74) is 1.17. The van der Waals surface area contributed by atoms with E-state index in [1.807, 2.05) is 6.07 Å². The second-order valence-electron chi connectivity index (χ2n) is 8.72. The zero-order chi connectivity index (χ0) is 26.7. The highest BCUT2D eigenvalue weighted by atomic mass is 19.4. The molecule has 1 fully saturated rings. The molecule has 3 aromatic rings. The lowest BCUT2D eigenvalue weighted by Crippen LogP contribution is -2.48. The molecule has 1 aliphatic heterocycles. The van der Waals surface area contributed by atoms with Crippen molar-refractivity contribution < 1.29 is 31.9 Å². The molecule has 12 heteroatoms. The van der Waals surface area contributed by atoms with E-state index in [0.29, 0.717) is 37.1 Å². The van der Waals surface area contributed by atoms with E-state index in [4.69, 9.17) is 0 Å². The van der Waals surface area contributed by atoms with Gasteiger partial charge < -0.3 is 14.5 Å². The van der Waals surface area contributed by atoms with Gasteiger partial charge in [0.2, 0.25) is 5.91 Å². The van der Waals surface area contributed by atoms with Gasteiger partial charge in [-0.25, -0.2) is 9.37 Å². The van der Waals surface area contributed by atoms with Gasteiger partial charge in [0.1, 0.15) is 0 Å². The standard InChI is InChI=1S/C25H24F4N4O4/c1-16(34)31-8-10-32(11-9-31)18-4-7-22-20(13-18)24(36)33(15-30-22)14-19(35)5-2-17-3-6-21(26)23(12-17)37-25(27,28)29/h3-4,6-7,12-13,15H,2,5,8-11,14H2,1H3. The number of Topliss-reactive ketones (excluding diaryl/α,β-unsaturated/α-hetero) is 1. The summed E-state index contributed by atoms with van der Waals surface area (Å²) in [6.07, 6.45) is -3.80. The van der Waals surface area contributed by atoms with Crippen molar-refractivity contribution in [1.82, 2.24) is 14.5 Å². The van der Waals surface area contributed by atoms with Gasteiger partial charge >= 0.3 is 6.36 Å². The van der Waals surface area contributed by atoms with Crippen LogP contribution in [0.5, 0.6) is 5.75 Å². The number of carbonyl (C=O) groups is 2. The molecule has 37 heavy (non-hydrogen) atoms. The second kappa shape index (κ2) is 10.6. The molecule has 8 nitrogen and oxygen atoms in total. The van der Waals surface area contributed by atoms with Crippen LogP contribution in [0.1, 0.15) is 18.9 Å². The van der Waals surface area contributed by atoms with E-state index in [2.05, 4.69) is 14.6 Å². The molecule has 2 aromatic carbocycles. The number of halogens is 4. The molecule has 0 saturated carbocycles. The Morgan fingerprint density at radius 2 is 1.78 bits per heavy atom. The molecule has 0 aliphatic carbocycles. The molecule has 0 radical (unpaired) electrons. The summed E-state index contributed by atoms with van der Waals surface area (Å²) in [6, 6.07) is 8.31. The maximum atomic E-state index is 13.6. The minimum absolute atomic E-state index is 0.0180. The molecule has 0 spiro atoms. The molecule has 1 amide bonds. The van der Waals surface area contributed by atoms with Gasteiger partial charge in [-0.3, -0.25) is 19.0 Å². The predicted octanol–water partition coefficient (Wildman–Crippen LogP) is 3.30. The van der Waals surface area contributed by atoms with Gasteiger partial charge in [0, 0.05) is 45.2 Å². The molecule has 0 unspecified atom stereocenters. The number of carbonyl (C=O) groups excluding carboxylic acids is 2. The van der Waals surface area contributed by atoms with Crippen molar-refractivity contribution in [1.29, 1.82) is 0 Å². The van der Waals surface area contributed by atoms with Crippen molar-refractivity contribution in [2.75, 3.05) is 31.1 Å². The van der Waals surface area contributed by atoms with Crippen molar-refractivity contribution in [2.24, 2.45) is 0 Å². The Kier molecular flexibility index (Phi) is 7.46. The summed E-state index contributed by atoms with van der Waals surface area (Å²) in [5, 5.41) is 0.342. The van der Waals surface area contributed by atoms with Crippen LogP contribution in [-0.2, 0) is 22.6 Å². The smallest absolute Gasteiger partial charge is 0.403 e. The average molecular weight is 520 g/mol. The van der Waals surface area contributed by atoms with E-state index < -0.39 is 23.5 Å². The maximum absolute atomic E-state index is 13.6. The summed E-state index contributed by atoms with van der Waals surface area (Å²) < 4.78 is 55.8. The number of ketones is 1. The molecular formula is C25H24F4N4O4. The third-order valence-electron chi connectivity index (χ3n) is 6.16. The molecule has 0 N–H and O–H groups in total. The number of hydrogen-bond donors (Lipinski definition) is 0. The Balaban J connectivity index is 1.43. The van der Waals surface area contributed by atoms with Gasteiger partial charge in [0.15, 0.2) is 17.3 Å². The van der Waals surface area contributed by atoms with Crippen LogP contribution in [0.15, 0.2) is 47.5 Å². The van der Waals surface area contributed by atoms with Crippen molar-refractivity contribution in [3.05, 3.63) is 64.5 Å². The number of alkyl halides is 3. The number of anilines is 1. The SMILES string of the molecule is CC(=O)N1CCN(c2ccc3ncn(CC(=O)CCc4ccc(F)c(OC(F)(F)F)c4)c(=O)c3c2)CC1. The maximum Gasteiger partial charge on any atom is 0.573 e. The minimum Gasteiger partial charge on any atom is -0.403 e. The molecule has 1 aromatic heterocycles. The number of aromatic nitrogens is 2. The first-order valence-corrected chi connectivity index (χ1v) is 11.6. The van der Waals surface area contributed by atoms with Crippen molar-refractivity contribution in [2.45, 2.75) is 32.7 Å². The van der Waals surface area contributed by atoms with Crippen molar-refractivity contribution >= 4 is 28.3 Å². The van der Waals surface area contributed by atoms with Crippen molar-refractivity contribution in [3.8, 4) is 5.75 Å². The number of rotatable bonds is 7. The van der Waals surface area contributed by atoms with Gasteiger partial charge in [-0.1, -0.05) is 6.07 Å². The van der Waals surface area contributed by atoms with Gasteiger partial charge in [-0.15, -0.1) is 13.2 Å². The molecule has 1 aliphatic rings. The summed E-state index contributed by atoms with van der Waals surface area (Å²) in [7, 11) is 0. The van der Waals surface area contributed by atoms with Crippen LogP contribution in [0.25, 0.3) is 10.9 Å². The van der Waals surface area contributed by atoms with Crippen LogP contribution >= 0.6 is 0 Å². The average Bonchev–Trinajstić information content (AvgIpc) is 2.85. The second-order valence-corrected chi connectivity index (χ2v) is 8.72. The normalized spacial score (nSPS) is 14.2. The van der Waals surface area contributed by atoms with Gasteiger partial charge in [0.05, 0.1) is 23.8 Å². The van der Waals surface area contributed by atoms with E-state index in [9.17, 15) is 31.9 Å². The van der Waals surface area contributed by atoms with E-state index in [0.717, 1.165) is 17.8 Å². The summed E-state index contributed by atoms with van der Waals surface area (Å²) in [6.45, 7) is 3.67. The lowest BCUT2D eigenvalue weighted by Gasteiger charge is -2.35. The monoisotopic (exact) mass is 520 g/mol. The van der Waals surface area contributed by atoms with Gasteiger partial charge in [-0.05, 0) is 42.3 Å². The number of piperazine rings is 1. The van der Waals surface area contributed by atoms with Crippen LogP contribution in [0.4, 0.5) is 23.2 Å². The van der Waals surface area contributed by atoms with E-state index in [-0.39, 0.29) is 36.6 Å².